The number of aromatic nitrogens is 2. The molecule has 0 fully saturated rings. The monoisotopic (exact) mass is 333 g/mol. The van der Waals surface area contributed by atoms with Crippen molar-refractivity contribution in [3.05, 3.63) is 51.4 Å². The molecule has 0 amide bonds. The first-order valence-electron chi connectivity index (χ1n) is 5.94. The summed E-state index contributed by atoms with van der Waals surface area (Å²) in [4.78, 5) is 10.1. The summed E-state index contributed by atoms with van der Waals surface area (Å²) in [6.07, 6.45) is 3.60. The molecule has 0 aliphatic rings. The Balaban J connectivity index is 1.97. The molecule has 5 heteroatoms. The molecule has 19 heavy (non-hydrogen) atoms. The first-order chi connectivity index (χ1) is 9.24. The normalized spacial score (nSPS) is 12.5. The molecule has 96 valence electrons. The van der Waals surface area contributed by atoms with E-state index in [1.165, 1.54) is 4.88 Å². The molecule has 0 aromatic carbocycles. The molecule has 3 rings (SSSR count). The lowest BCUT2D eigenvalue weighted by Crippen LogP contribution is -2.05. The average molecular weight is 334 g/mol. The van der Waals surface area contributed by atoms with Crippen molar-refractivity contribution in [3.8, 4) is 0 Å². The highest BCUT2D eigenvalue weighted by molar-refractivity contribution is 9.10. The first-order valence-corrected chi connectivity index (χ1v) is 7.61. The molecular formula is C14H12BrN3S. The van der Waals surface area contributed by atoms with Crippen LogP contribution in [-0.2, 0) is 0 Å². The highest BCUT2D eigenvalue weighted by Crippen LogP contribution is 2.27. The van der Waals surface area contributed by atoms with Crippen molar-refractivity contribution < 1.29 is 0 Å². The summed E-state index contributed by atoms with van der Waals surface area (Å²) in [5, 5.41) is 5.59. The van der Waals surface area contributed by atoms with Crippen molar-refractivity contribution in [2.24, 2.45) is 0 Å². The Morgan fingerprint density at radius 3 is 3.00 bits per heavy atom. The second-order valence-corrected chi connectivity index (χ2v) is 6.16. The van der Waals surface area contributed by atoms with Crippen LogP contribution >= 0.6 is 27.3 Å². The van der Waals surface area contributed by atoms with Crippen molar-refractivity contribution in [2.45, 2.75) is 13.0 Å². The highest BCUT2D eigenvalue weighted by atomic mass is 79.9. The fraction of sp³-hybridized carbons (Fsp3) is 0.143. The zero-order chi connectivity index (χ0) is 13.2. The smallest absolute Gasteiger partial charge is 0.112 e. The van der Waals surface area contributed by atoms with Gasteiger partial charge in [-0.2, -0.15) is 0 Å². The molecule has 1 atom stereocenters. The van der Waals surface area contributed by atoms with Crippen LogP contribution in [0.1, 0.15) is 17.8 Å². The standard InChI is InChI=1S/C14H12BrN3S/c1-9(13-3-2-6-19-13)18-11-4-5-16-12-7-10(15)8-17-14(11)12/h2-9H,1H3,(H,16,18). The largest absolute Gasteiger partial charge is 0.376 e. The number of nitrogens with zero attached hydrogens (tertiary/aromatic N) is 2. The molecule has 0 spiro atoms. The molecule has 0 aliphatic heterocycles. The van der Waals surface area contributed by atoms with E-state index in [-0.39, 0.29) is 6.04 Å². The lowest BCUT2D eigenvalue weighted by atomic mass is 10.2. The third-order valence-electron chi connectivity index (χ3n) is 2.89. The minimum absolute atomic E-state index is 0.260. The van der Waals surface area contributed by atoms with Gasteiger partial charge in [-0.25, -0.2) is 0 Å². The Kier molecular flexibility index (Phi) is 3.48. The van der Waals surface area contributed by atoms with Gasteiger partial charge >= 0.3 is 0 Å². The molecule has 0 radical (unpaired) electrons. The van der Waals surface area contributed by atoms with Crippen LogP contribution < -0.4 is 5.32 Å². The van der Waals surface area contributed by atoms with E-state index in [1.54, 1.807) is 23.7 Å². The van der Waals surface area contributed by atoms with Crippen LogP contribution in [0, 0.1) is 0 Å². The van der Waals surface area contributed by atoms with Crippen LogP contribution in [-0.4, -0.2) is 9.97 Å². The Bertz CT molecular complexity index is 697. The van der Waals surface area contributed by atoms with Crippen molar-refractivity contribution in [1.29, 1.82) is 0 Å². The van der Waals surface area contributed by atoms with Gasteiger partial charge in [0.1, 0.15) is 5.52 Å². The third kappa shape index (κ3) is 2.62. The second-order valence-electron chi connectivity index (χ2n) is 4.26. The lowest BCUT2D eigenvalue weighted by Gasteiger charge is -2.14. The fourth-order valence-electron chi connectivity index (χ4n) is 1.96. The Hall–Kier alpha value is -1.46. The Morgan fingerprint density at radius 1 is 1.32 bits per heavy atom. The highest BCUT2D eigenvalue weighted by Gasteiger charge is 2.09. The van der Waals surface area contributed by atoms with Gasteiger partial charge in [0, 0.05) is 21.7 Å². The van der Waals surface area contributed by atoms with Crippen molar-refractivity contribution in [3.63, 3.8) is 0 Å². The molecule has 3 aromatic rings. The van der Waals surface area contributed by atoms with Crippen LogP contribution in [0.4, 0.5) is 5.69 Å². The van der Waals surface area contributed by atoms with Gasteiger partial charge in [-0.3, -0.25) is 9.97 Å². The maximum absolute atomic E-state index is 4.45. The van der Waals surface area contributed by atoms with E-state index in [4.69, 9.17) is 0 Å². The third-order valence-corrected chi connectivity index (χ3v) is 4.37. The van der Waals surface area contributed by atoms with E-state index in [1.807, 2.05) is 12.1 Å². The van der Waals surface area contributed by atoms with Crippen molar-refractivity contribution in [1.82, 2.24) is 9.97 Å². The van der Waals surface area contributed by atoms with E-state index >= 15 is 0 Å². The summed E-state index contributed by atoms with van der Waals surface area (Å²) in [5.74, 6) is 0. The first kappa shape index (κ1) is 12.6. The summed E-state index contributed by atoms with van der Waals surface area (Å²) >= 11 is 5.17. The molecular weight excluding hydrogens is 322 g/mol. The van der Waals surface area contributed by atoms with Crippen LogP contribution in [0.3, 0.4) is 0 Å². The predicted molar refractivity (Wildman–Crippen MR) is 83.6 cm³/mol. The van der Waals surface area contributed by atoms with Crippen LogP contribution in [0.5, 0.6) is 0 Å². The van der Waals surface area contributed by atoms with Gasteiger partial charge in [-0.05, 0) is 46.4 Å². The maximum Gasteiger partial charge on any atom is 0.112 e. The molecule has 1 N–H and O–H groups in total. The van der Waals surface area contributed by atoms with Gasteiger partial charge in [-0.1, -0.05) is 6.07 Å². The number of fused-ring (bicyclic) bond motifs is 1. The summed E-state index contributed by atoms with van der Waals surface area (Å²) in [6.45, 7) is 2.15. The number of hydrogen-bond donors (Lipinski definition) is 1. The molecule has 0 aliphatic carbocycles. The summed E-state index contributed by atoms with van der Waals surface area (Å²) < 4.78 is 0.941. The quantitative estimate of drug-likeness (QED) is 0.759. The van der Waals surface area contributed by atoms with Gasteiger partial charge in [0.05, 0.1) is 17.2 Å². The van der Waals surface area contributed by atoms with E-state index in [9.17, 15) is 0 Å². The SMILES string of the molecule is CC(Nc1ccnc2cc(Br)cnc12)c1cccs1. The van der Waals surface area contributed by atoms with Crippen LogP contribution in [0.2, 0.25) is 0 Å². The van der Waals surface area contributed by atoms with E-state index < -0.39 is 0 Å². The summed E-state index contributed by atoms with van der Waals surface area (Å²) in [6, 6.07) is 8.40. The fourth-order valence-corrected chi connectivity index (χ4v) is 3.02. The van der Waals surface area contributed by atoms with E-state index in [2.05, 4.69) is 55.7 Å². The van der Waals surface area contributed by atoms with Gasteiger partial charge in [-0.15, -0.1) is 11.3 Å². The van der Waals surface area contributed by atoms with Gasteiger partial charge < -0.3 is 5.32 Å². The predicted octanol–water partition coefficient (Wildman–Crippen LogP) is 4.63. The number of halogens is 1. The number of thiophene rings is 1. The van der Waals surface area contributed by atoms with Gasteiger partial charge in [0.25, 0.3) is 0 Å². The van der Waals surface area contributed by atoms with E-state index in [0.717, 1.165) is 21.2 Å². The molecule has 0 bridgehead atoms. The van der Waals surface area contributed by atoms with E-state index in [0.29, 0.717) is 0 Å². The minimum atomic E-state index is 0.260. The van der Waals surface area contributed by atoms with Crippen LogP contribution in [0.25, 0.3) is 11.0 Å². The molecule has 3 nitrogen and oxygen atoms in total. The second kappa shape index (κ2) is 5.27. The number of rotatable bonds is 3. The average Bonchev–Trinajstić information content (AvgIpc) is 2.92. The number of hydrogen-bond acceptors (Lipinski definition) is 4. The Labute approximate surface area is 123 Å². The zero-order valence-corrected chi connectivity index (χ0v) is 12.7. The van der Waals surface area contributed by atoms with Gasteiger partial charge in [0.2, 0.25) is 0 Å². The minimum Gasteiger partial charge on any atom is -0.376 e. The number of nitrogens with one attached hydrogen (secondary N) is 1. The summed E-state index contributed by atoms with van der Waals surface area (Å²) in [5.41, 5.74) is 2.80. The molecule has 1 unspecified atom stereocenters. The van der Waals surface area contributed by atoms with Gasteiger partial charge in [0.15, 0.2) is 0 Å². The number of pyridine rings is 2. The lowest BCUT2D eigenvalue weighted by molar-refractivity contribution is 0.909. The van der Waals surface area contributed by atoms with Crippen molar-refractivity contribution in [2.75, 3.05) is 5.32 Å². The van der Waals surface area contributed by atoms with Crippen molar-refractivity contribution >= 4 is 44.0 Å². The molecule has 0 saturated heterocycles. The number of anilines is 1. The summed E-state index contributed by atoms with van der Waals surface area (Å²) in [7, 11) is 0. The Morgan fingerprint density at radius 2 is 2.21 bits per heavy atom. The molecule has 0 saturated carbocycles. The molecule has 3 aromatic heterocycles. The molecule has 3 heterocycles. The van der Waals surface area contributed by atoms with Crippen LogP contribution in [0.15, 0.2) is 46.5 Å². The topological polar surface area (TPSA) is 37.8 Å². The maximum atomic E-state index is 4.45. The zero-order valence-electron chi connectivity index (χ0n) is 10.3.